The third-order valence-electron chi connectivity index (χ3n) is 4.44. The first kappa shape index (κ1) is 14.7. The van der Waals surface area contributed by atoms with E-state index in [1.807, 2.05) is 12.1 Å². The first-order valence-corrected chi connectivity index (χ1v) is 7.88. The van der Waals surface area contributed by atoms with Gasteiger partial charge in [0.1, 0.15) is 5.75 Å². The average Bonchev–Trinajstić information content (AvgIpc) is 3.09. The highest BCUT2D eigenvalue weighted by Gasteiger charge is 2.14. The minimum atomic E-state index is 0.873. The molecule has 1 aliphatic heterocycles. The van der Waals surface area contributed by atoms with E-state index in [0.717, 1.165) is 16.9 Å². The molecule has 1 fully saturated rings. The topological polar surface area (TPSA) is 12.5 Å². The van der Waals surface area contributed by atoms with Crippen molar-refractivity contribution in [2.24, 2.45) is 0 Å². The zero-order valence-corrected chi connectivity index (χ0v) is 13.4. The molecule has 0 aliphatic carbocycles. The summed E-state index contributed by atoms with van der Waals surface area (Å²) in [4.78, 5) is 2.47. The fourth-order valence-electron chi connectivity index (χ4n) is 3.11. The van der Waals surface area contributed by atoms with Crippen LogP contribution < -0.4 is 9.64 Å². The van der Waals surface area contributed by atoms with Crippen molar-refractivity contribution in [2.75, 3.05) is 25.1 Å². The number of benzene rings is 2. The van der Waals surface area contributed by atoms with Crippen LogP contribution in [-0.4, -0.2) is 20.2 Å². The molecule has 3 rings (SSSR count). The van der Waals surface area contributed by atoms with E-state index in [9.17, 15) is 0 Å². The second kappa shape index (κ2) is 6.27. The fourth-order valence-corrected chi connectivity index (χ4v) is 3.11. The van der Waals surface area contributed by atoms with Crippen molar-refractivity contribution in [1.29, 1.82) is 0 Å². The van der Waals surface area contributed by atoms with E-state index >= 15 is 0 Å². The Balaban J connectivity index is 1.85. The maximum absolute atomic E-state index is 5.22. The van der Waals surface area contributed by atoms with Gasteiger partial charge in [0.2, 0.25) is 0 Å². The van der Waals surface area contributed by atoms with Crippen LogP contribution in [0.4, 0.5) is 5.69 Å². The Morgan fingerprint density at radius 3 is 2.32 bits per heavy atom. The summed E-state index contributed by atoms with van der Waals surface area (Å²) in [6.07, 6.45) is 2.61. The molecule has 0 saturated carbocycles. The summed E-state index contributed by atoms with van der Waals surface area (Å²) < 4.78 is 5.22. The molecule has 2 nitrogen and oxygen atoms in total. The largest absolute Gasteiger partial charge is 0.497 e. The van der Waals surface area contributed by atoms with Gasteiger partial charge in [-0.25, -0.2) is 0 Å². The number of rotatable bonds is 4. The smallest absolute Gasteiger partial charge is 0.118 e. The summed E-state index contributed by atoms with van der Waals surface area (Å²) in [6, 6.07) is 14.8. The van der Waals surface area contributed by atoms with Gasteiger partial charge in [0.05, 0.1) is 7.11 Å². The predicted molar refractivity (Wildman–Crippen MR) is 93.8 cm³/mol. The van der Waals surface area contributed by atoms with Gasteiger partial charge in [-0.1, -0.05) is 24.8 Å². The molecule has 0 atom stereocenters. The quantitative estimate of drug-likeness (QED) is 0.812. The van der Waals surface area contributed by atoms with Crippen molar-refractivity contribution >= 4 is 11.3 Å². The molecule has 0 aromatic heterocycles. The van der Waals surface area contributed by atoms with Crippen LogP contribution in [0.3, 0.4) is 0 Å². The third kappa shape index (κ3) is 2.87. The molecule has 1 aliphatic rings. The number of ether oxygens (including phenoxy) is 1. The second-order valence-electron chi connectivity index (χ2n) is 5.90. The standard InChI is InChI=1S/C20H23NO/c1-15-14-18(21-12-4-5-13-21)8-11-20(15)16(2)17-6-9-19(22-3)10-7-17/h6-11,14H,2,4-5,12-13H2,1,3H3. The van der Waals surface area contributed by atoms with E-state index in [2.05, 4.69) is 48.7 Å². The van der Waals surface area contributed by atoms with Gasteiger partial charge >= 0.3 is 0 Å². The lowest BCUT2D eigenvalue weighted by atomic mass is 9.95. The summed E-state index contributed by atoms with van der Waals surface area (Å²) in [5.41, 5.74) is 6.03. The molecule has 114 valence electrons. The Labute approximate surface area is 133 Å². The van der Waals surface area contributed by atoms with Gasteiger partial charge in [-0.05, 0) is 66.3 Å². The predicted octanol–water partition coefficient (Wildman–Crippen LogP) is 4.67. The summed E-state index contributed by atoms with van der Waals surface area (Å²) in [5, 5.41) is 0. The van der Waals surface area contributed by atoms with E-state index in [1.165, 1.54) is 42.7 Å². The van der Waals surface area contributed by atoms with Gasteiger partial charge in [-0.3, -0.25) is 0 Å². The van der Waals surface area contributed by atoms with Crippen LogP contribution in [0.15, 0.2) is 49.0 Å². The monoisotopic (exact) mass is 293 g/mol. The lowest BCUT2D eigenvalue weighted by Crippen LogP contribution is -2.17. The van der Waals surface area contributed by atoms with Gasteiger partial charge in [0.25, 0.3) is 0 Å². The van der Waals surface area contributed by atoms with Crippen molar-refractivity contribution in [3.8, 4) is 5.75 Å². The molecule has 2 heteroatoms. The van der Waals surface area contributed by atoms with Gasteiger partial charge in [0.15, 0.2) is 0 Å². The number of nitrogens with zero attached hydrogens (tertiary/aromatic N) is 1. The maximum atomic E-state index is 5.22. The third-order valence-corrected chi connectivity index (χ3v) is 4.44. The molecule has 0 amide bonds. The van der Waals surface area contributed by atoms with Crippen LogP contribution in [0.1, 0.15) is 29.5 Å². The van der Waals surface area contributed by atoms with Crippen molar-refractivity contribution in [2.45, 2.75) is 19.8 Å². The number of hydrogen-bond donors (Lipinski definition) is 0. The van der Waals surface area contributed by atoms with Gasteiger partial charge in [0, 0.05) is 18.8 Å². The highest BCUT2D eigenvalue weighted by atomic mass is 16.5. The van der Waals surface area contributed by atoms with Gasteiger partial charge < -0.3 is 9.64 Å². The van der Waals surface area contributed by atoms with Gasteiger partial charge in [-0.15, -0.1) is 0 Å². The van der Waals surface area contributed by atoms with Crippen LogP contribution in [0.2, 0.25) is 0 Å². The van der Waals surface area contributed by atoms with Crippen molar-refractivity contribution in [1.82, 2.24) is 0 Å². The summed E-state index contributed by atoms with van der Waals surface area (Å²) in [7, 11) is 1.69. The minimum Gasteiger partial charge on any atom is -0.497 e. The van der Waals surface area contributed by atoms with E-state index < -0.39 is 0 Å². The summed E-state index contributed by atoms with van der Waals surface area (Å²) in [6.45, 7) is 8.81. The van der Waals surface area contributed by atoms with Crippen molar-refractivity contribution < 1.29 is 4.74 Å². The number of hydrogen-bond acceptors (Lipinski definition) is 2. The second-order valence-corrected chi connectivity index (χ2v) is 5.90. The Kier molecular flexibility index (Phi) is 4.19. The Morgan fingerprint density at radius 1 is 1.05 bits per heavy atom. The highest BCUT2D eigenvalue weighted by Crippen LogP contribution is 2.29. The maximum Gasteiger partial charge on any atom is 0.118 e. The average molecular weight is 293 g/mol. The number of anilines is 1. The number of aryl methyl sites for hydroxylation is 1. The van der Waals surface area contributed by atoms with E-state index in [1.54, 1.807) is 7.11 Å². The molecule has 1 heterocycles. The molecular formula is C20H23NO. The summed E-state index contributed by atoms with van der Waals surface area (Å²) in [5.74, 6) is 0.873. The van der Waals surface area contributed by atoms with Crippen LogP contribution in [0.5, 0.6) is 5.75 Å². The Hall–Kier alpha value is -2.22. The highest BCUT2D eigenvalue weighted by molar-refractivity contribution is 5.80. The molecule has 0 bridgehead atoms. The van der Waals surface area contributed by atoms with E-state index in [0.29, 0.717) is 0 Å². The Bertz CT molecular complexity index is 667. The fraction of sp³-hybridized carbons (Fsp3) is 0.300. The van der Waals surface area contributed by atoms with Crippen LogP contribution >= 0.6 is 0 Å². The molecule has 0 spiro atoms. The molecule has 2 aromatic carbocycles. The molecule has 0 radical (unpaired) electrons. The van der Waals surface area contributed by atoms with E-state index in [-0.39, 0.29) is 0 Å². The van der Waals surface area contributed by atoms with Gasteiger partial charge in [-0.2, -0.15) is 0 Å². The molecule has 1 saturated heterocycles. The summed E-state index contributed by atoms with van der Waals surface area (Å²) >= 11 is 0. The van der Waals surface area contributed by atoms with E-state index in [4.69, 9.17) is 4.74 Å². The zero-order chi connectivity index (χ0) is 15.5. The lowest BCUT2D eigenvalue weighted by Gasteiger charge is -2.20. The molecule has 0 N–H and O–H groups in total. The van der Waals surface area contributed by atoms with Crippen molar-refractivity contribution in [3.63, 3.8) is 0 Å². The lowest BCUT2D eigenvalue weighted by molar-refractivity contribution is 0.415. The minimum absolute atomic E-state index is 0.873. The number of methoxy groups -OCH3 is 1. The molecule has 0 unspecified atom stereocenters. The Morgan fingerprint density at radius 2 is 1.73 bits per heavy atom. The van der Waals surface area contributed by atoms with Crippen LogP contribution in [0, 0.1) is 6.92 Å². The van der Waals surface area contributed by atoms with Crippen molar-refractivity contribution in [3.05, 3.63) is 65.7 Å². The molecule has 22 heavy (non-hydrogen) atoms. The first-order valence-electron chi connectivity index (χ1n) is 7.88. The SMILES string of the molecule is C=C(c1ccc(OC)cc1)c1ccc(N2CCCC2)cc1C. The first-order chi connectivity index (χ1) is 10.7. The van der Waals surface area contributed by atoms with Crippen LogP contribution in [0.25, 0.3) is 5.57 Å². The molecule has 2 aromatic rings. The normalized spacial score (nSPS) is 14.2. The zero-order valence-electron chi connectivity index (χ0n) is 13.4. The molecular weight excluding hydrogens is 270 g/mol. The van der Waals surface area contributed by atoms with Crippen LogP contribution in [-0.2, 0) is 0 Å².